The first-order valence-corrected chi connectivity index (χ1v) is 8.91. The topological polar surface area (TPSA) is 49.3 Å². The van der Waals surface area contributed by atoms with E-state index in [1.165, 1.54) is 18.2 Å². The molecular formula is C19H15ClFNO2S. The second-order valence-corrected chi connectivity index (χ2v) is 6.64. The maximum Gasteiger partial charge on any atom is 0.255 e. The first-order chi connectivity index (χ1) is 12.1. The predicted molar refractivity (Wildman–Crippen MR) is 98.5 cm³/mol. The Morgan fingerprint density at radius 1 is 1.16 bits per heavy atom. The maximum atomic E-state index is 13.7. The summed E-state index contributed by atoms with van der Waals surface area (Å²) < 4.78 is 13.7. The van der Waals surface area contributed by atoms with E-state index < -0.39 is 17.8 Å². The number of hydrogen-bond acceptors (Lipinski definition) is 3. The largest absolute Gasteiger partial charge is 0.387 e. The van der Waals surface area contributed by atoms with Gasteiger partial charge in [0.15, 0.2) is 0 Å². The van der Waals surface area contributed by atoms with Crippen molar-refractivity contribution in [2.45, 2.75) is 6.10 Å². The van der Waals surface area contributed by atoms with Crippen molar-refractivity contribution in [3.05, 3.63) is 81.3 Å². The SMILES string of the molecule is O=C(NC[C@H](O)c1ccc(-c2ccsc2)cc1)c1c(F)cccc1Cl. The molecule has 1 aromatic heterocycles. The van der Waals surface area contributed by atoms with Gasteiger partial charge in [-0.25, -0.2) is 4.39 Å². The minimum Gasteiger partial charge on any atom is -0.387 e. The van der Waals surface area contributed by atoms with Crippen LogP contribution in [0.3, 0.4) is 0 Å². The number of aliphatic hydroxyl groups is 1. The average molecular weight is 376 g/mol. The molecule has 25 heavy (non-hydrogen) atoms. The molecule has 0 radical (unpaired) electrons. The summed E-state index contributed by atoms with van der Waals surface area (Å²) in [6.07, 6.45) is -0.897. The molecule has 128 valence electrons. The molecule has 0 spiro atoms. The average Bonchev–Trinajstić information content (AvgIpc) is 3.14. The second kappa shape index (κ2) is 7.78. The van der Waals surface area contributed by atoms with Crippen LogP contribution in [0.1, 0.15) is 22.0 Å². The summed E-state index contributed by atoms with van der Waals surface area (Å²) in [7, 11) is 0. The van der Waals surface area contributed by atoms with E-state index in [9.17, 15) is 14.3 Å². The molecule has 1 heterocycles. The van der Waals surface area contributed by atoms with E-state index in [0.29, 0.717) is 5.56 Å². The molecule has 0 bridgehead atoms. The van der Waals surface area contributed by atoms with Gasteiger partial charge in [-0.05, 0) is 45.6 Å². The van der Waals surface area contributed by atoms with Crippen molar-refractivity contribution in [2.24, 2.45) is 0 Å². The Labute approximate surface area is 153 Å². The van der Waals surface area contributed by atoms with Crippen LogP contribution in [0.25, 0.3) is 11.1 Å². The molecule has 0 saturated heterocycles. The fourth-order valence-corrected chi connectivity index (χ4v) is 3.35. The number of nitrogens with one attached hydrogen (secondary N) is 1. The Hall–Kier alpha value is -2.21. The smallest absolute Gasteiger partial charge is 0.255 e. The molecule has 6 heteroatoms. The quantitative estimate of drug-likeness (QED) is 0.680. The Morgan fingerprint density at radius 3 is 2.56 bits per heavy atom. The molecule has 0 aliphatic rings. The summed E-state index contributed by atoms with van der Waals surface area (Å²) in [5, 5.41) is 16.8. The van der Waals surface area contributed by atoms with Crippen LogP contribution in [0.5, 0.6) is 0 Å². The Balaban J connectivity index is 1.64. The summed E-state index contributed by atoms with van der Waals surface area (Å²) >= 11 is 7.48. The zero-order valence-electron chi connectivity index (χ0n) is 13.1. The van der Waals surface area contributed by atoms with Gasteiger partial charge in [0.1, 0.15) is 5.82 Å². The van der Waals surface area contributed by atoms with Gasteiger partial charge in [0.2, 0.25) is 0 Å². The monoisotopic (exact) mass is 375 g/mol. The zero-order valence-corrected chi connectivity index (χ0v) is 14.7. The van der Waals surface area contributed by atoms with E-state index in [2.05, 4.69) is 5.32 Å². The number of thiophene rings is 1. The maximum absolute atomic E-state index is 13.7. The molecule has 0 unspecified atom stereocenters. The highest BCUT2D eigenvalue weighted by Gasteiger charge is 2.17. The van der Waals surface area contributed by atoms with Gasteiger partial charge >= 0.3 is 0 Å². The van der Waals surface area contributed by atoms with Gasteiger partial charge < -0.3 is 10.4 Å². The predicted octanol–water partition coefficient (Wildman–Crippen LogP) is 4.67. The molecule has 0 aliphatic heterocycles. The minimum atomic E-state index is -0.897. The van der Waals surface area contributed by atoms with Crippen molar-refractivity contribution in [3.63, 3.8) is 0 Å². The fourth-order valence-electron chi connectivity index (χ4n) is 2.44. The Bertz CT molecular complexity index is 845. The lowest BCUT2D eigenvalue weighted by atomic mass is 10.0. The van der Waals surface area contributed by atoms with Crippen LogP contribution in [-0.2, 0) is 0 Å². The molecule has 1 atom stereocenters. The van der Waals surface area contributed by atoms with Gasteiger partial charge in [0.05, 0.1) is 16.7 Å². The summed E-state index contributed by atoms with van der Waals surface area (Å²) in [4.78, 5) is 12.1. The number of hydrogen-bond donors (Lipinski definition) is 2. The number of rotatable bonds is 5. The summed E-state index contributed by atoms with van der Waals surface area (Å²) in [5.41, 5.74) is 2.62. The lowest BCUT2D eigenvalue weighted by molar-refractivity contribution is 0.0912. The second-order valence-electron chi connectivity index (χ2n) is 5.46. The Kier molecular flexibility index (Phi) is 5.48. The molecule has 1 amide bonds. The molecule has 2 N–H and O–H groups in total. The number of carbonyl (C=O) groups excluding carboxylic acids is 1. The van der Waals surface area contributed by atoms with Crippen molar-refractivity contribution in [3.8, 4) is 11.1 Å². The van der Waals surface area contributed by atoms with Crippen LogP contribution < -0.4 is 5.32 Å². The van der Waals surface area contributed by atoms with Crippen molar-refractivity contribution in [2.75, 3.05) is 6.54 Å². The number of carbonyl (C=O) groups is 1. The Morgan fingerprint density at radius 2 is 1.92 bits per heavy atom. The van der Waals surface area contributed by atoms with Gasteiger partial charge in [0.25, 0.3) is 5.91 Å². The normalized spacial score (nSPS) is 12.0. The zero-order chi connectivity index (χ0) is 17.8. The minimum absolute atomic E-state index is 0.0344. The molecular weight excluding hydrogens is 361 g/mol. The molecule has 3 nitrogen and oxygen atoms in total. The third-order valence-corrected chi connectivity index (χ3v) is 4.79. The van der Waals surface area contributed by atoms with Gasteiger partial charge in [-0.2, -0.15) is 11.3 Å². The number of aliphatic hydroxyl groups excluding tert-OH is 1. The van der Waals surface area contributed by atoms with E-state index in [4.69, 9.17) is 11.6 Å². The van der Waals surface area contributed by atoms with Gasteiger partial charge in [0, 0.05) is 6.54 Å². The highest BCUT2D eigenvalue weighted by Crippen LogP contribution is 2.24. The number of benzene rings is 2. The van der Waals surface area contributed by atoms with E-state index in [-0.39, 0.29) is 17.1 Å². The van der Waals surface area contributed by atoms with Crippen molar-refractivity contribution < 1.29 is 14.3 Å². The van der Waals surface area contributed by atoms with Crippen LogP contribution >= 0.6 is 22.9 Å². The van der Waals surface area contributed by atoms with Crippen molar-refractivity contribution in [1.29, 1.82) is 0 Å². The summed E-state index contributed by atoms with van der Waals surface area (Å²) in [6.45, 7) is -0.0404. The fraction of sp³-hybridized carbons (Fsp3) is 0.105. The van der Waals surface area contributed by atoms with Crippen molar-refractivity contribution >= 4 is 28.8 Å². The van der Waals surface area contributed by atoms with E-state index >= 15 is 0 Å². The van der Waals surface area contributed by atoms with Crippen LogP contribution in [0.4, 0.5) is 4.39 Å². The number of amides is 1. The molecule has 0 saturated carbocycles. The molecule has 3 aromatic rings. The van der Waals surface area contributed by atoms with Crippen molar-refractivity contribution in [1.82, 2.24) is 5.32 Å². The lowest BCUT2D eigenvalue weighted by Crippen LogP contribution is -2.29. The lowest BCUT2D eigenvalue weighted by Gasteiger charge is -2.13. The van der Waals surface area contributed by atoms with E-state index in [0.717, 1.165) is 11.1 Å². The standard InChI is InChI=1S/C19H15ClFNO2S/c20-15-2-1-3-16(21)18(15)19(24)22-10-17(23)13-6-4-12(5-7-13)14-8-9-25-11-14/h1-9,11,17,23H,10H2,(H,22,24)/t17-/m0/s1. The van der Waals surface area contributed by atoms with Gasteiger partial charge in [-0.1, -0.05) is 41.9 Å². The number of halogens is 2. The van der Waals surface area contributed by atoms with Gasteiger partial charge in [-0.15, -0.1) is 0 Å². The van der Waals surface area contributed by atoms with Crippen LogP contribution in [0.2, 0.25) is 5.02 Å². The van der Waals surface area contributed by atoms with Crippen LogP contribution in [0.15, 0.2) is 59.3 Å². The molecule has 3 rings (SSSR count). The molecule has 0 fully saturated rings. The van der Waals surface area contributed by atoms with E-state index in [1.54, 1.807) is 23.5 Å². The van der Waals surface area contributed by atoms with Crippen LogP contribution in [0, 0.1) is 5.82 Å². The third-order valence-electron chi connectivity index (χ3n) is 3.80. The molecule has 2 aromatic carbocycles. The highest BCUT2D eigenvalue weighted by molar-refractivity contribution is 7.08. The summed E-state index contributed by atoms with van der Waals surface area (Å²) in [6, 6.07) is 13.5. The third kappa shape index (κ3) is 4.07. The first-order valence-electron chi connectivity index (χ1n) is 7.59. The van der Waals surface area contributed by atoms with E-state index in [1.807, 2.05) is 29.0 Å². The highest BCUT2D eigenvalue weighted by atomic mass is 35.5. The van der Waals surface area contributed by atoms with Crippen LogP contribution in [-0.4, -0.2) is 17.6 Å². The summed E-state index contributed by atoms with van der Waals surface area (Å²) in [5.74, 6) is -1.35. The first kappa shape index (κ1) is 17.6. The molecule has 0 aliphatic carbocycles. The van der Waals surface area contributed by atoms with Gasteiger partial charge in [-0.3, -0.25) is 4.79 Å².